The third-order valence-corrected chi connectivity index (χ3v) is 5.84. The fourth-order valence-corrected chi connectivity index (χ4v) is 4.31. The third kappa shape index (κ3) is 5.31. The Balaban J connectivity index is 1.86. The largest absolute Gasteiger partial charge is 0.494 e. The zero-order chi connectivity index (χ0) is 24.0. The number of carboxylic acids is 1. The molecule has 1 heterocycles. The Morgan fingerprint density at radius 1 is 1.21 bits per heavy atom. The van der Waals surface area contributed by atoms with E-state index in [1.807, 2.05) is 25.1 Å². The average molecular weight is 453 g/mol. The van der Waals surface area contributed by atoms with E-state index in [1.165, 1.54) is 4.90 Å². The molecule has 0 aliphatic carbocycles. The van der Waals surface area contributed by atoms with Crippen molar-refractivity contribution in [1.82, 2.24) is 10.2 Å². The molecule has 0 saturated carbocycles. The summed E-state index contributed by atoms with van der Waals surface area (Å²) >= 11 is 0. The molecule has 174 valence electrons. The van der Waals surface area contributed by atoms with Gasteiger partial charge in [-0.3, -0.25) is 19.8 Å². The molecule has 0 spiro atoms. The normalized spacial score (nSPS) is 15.5. The van der Waals surface area contributed by atoms with Crippen LogP contribution in [0.15, 0.2) is 48.5 Å². The van der Waals surface area contributed by atoms with Gasteiger partial charge in [0.1, 0.15) is 11.6 Å². The van der Waals surface area contributed by atoms with Crippen LogP contribution >= 0.6 is 0 Å². The number of aliphatic carboxylic acids is 1. The summed E-state index contributed by atoms with van der Waals surface area (Å²) < 4.78 is 5.80. The molecule has 9 heteroatoms. The molecule has 0 aromatic heterocycles. The number of amides is 2. The van der Waals surface area contributed by atoms with Crippen molar-refractivity contribution in [3.8, 4) is 5.75 Å². The number of carboxylic acid groups (broad SMARTS) is 1. The number of carbonyl (C=O) groups excluding carboxylic acids is 2. The van der Waals surface area contributed by atoms with Gasteiger partial charge >= 0.3 is 17.8 Å². The zero-order valence-corrected chi connectivity index (χ0v) is 18.5. The van der Waals surface area contributed by atoms with Crippen molar-refractivity contribution in [2.75, 3.05) is 19.7 Å². The van der Waals surface area contributed by atoms with Gasteiger partial charge in [-0.05, 0) is 55.2 Å². The highest BCUT2D eigenvalue weighted by atomic mass is 16.5. The van der Waals surface area contributed by atoms with Gasteiger partial charge in [0.25, 0.3) is 0 Å². The number of carbonyl (C=O) groups is 3. The van der Waals surface area contributed by atoms with Crippen LogP contribution in [0.4, 0.5) is 0 Å². The van der Waals surface area contributed by atoms with Gasteiger partial charge in [0, 0.05) is 18.7 Å². The smallest absolute Gasteiger partial charge is 0.312 e. The molecule has 5 N–H and O–H groups in total. The molecular formula is C24H28N4O5. The van der Waals surface area contributed by atoms with Gasteiger partial charge in [-0.2, -0.15) is 0 Å². The number of nitrogens with two attached hydrogens (primary N) is 1. The van der Waals surface area contributed by atoms with E-state index in [2.05, 4.69) is 5.32 Å². The maximum atomic E-state index is 12.8. The van der Waals surface area contributed by atoms with Gasteiger partial charge in [-0.25, -0.2) is 0 Å². The van der Waals surface area contributed by atoms with Gasteiger partial charge in [-0.1, -0.05) is 24.3 Å². The summed E-state index contributed by atoms with van der Waals surface area (Å²) in [4.78, 5) is 38.4. The van der Waals surface area contributed by atoms with E-state index in [4.69, 9.17) is 15.9 Å². The fourth-order valence-electron chi connectivity index (χ4n) is 4.31. The maximum absolute atomic E-state index is 12.8. The minimum atomic E-state index is -1.19. The molecule has 2 aromatic rings. The summed E-state index contributed by atoms with van der Waals surface area (Å²) in [7, 11) is 0. The molecule has 0 radical (unpaired) electrons. The molecule has 1 saturated heterocycles. The molecule has 2 amide bonds. The summed E-state index contributed by atoms with van der Waals surface area (Å²) in [6, 6.07) is 14.1. The first-order chi connectivity index (χ1) is 15.7. The molecule has 1 unspecified atom stereocenters. The monoisotopic (exact) mass is 452 g/mol. The second-order valence-corrected chi connectivity index (χ2v) is 8.02. The molecule has 3 rings (SSSR count). The lowest BCUT2D eigenvalue weighted by atomic mass is 9.78. The number of aryl methyl sites for hydroxylation is 1. The quantitative estimate of drug-likeness (QED) is 0.187. The van der Waals surface area contributed by atoms with Gasteiger partial charge in [-0.15, -0.1) is 0 Å². The number of piperazine rings is 1. The lowest BCUT2D eigenvalue weighted by Crippen LogP contribution is -2.61. The first kappa shape index (κ1) is 23.8. The van der Waals surface area contributed by atoms with Crippen LogP contribution in [0.2, 0.25) is 0 Å². The van der Waals surface area contributed by atoms with E-state index in [0.29, 0.717) is 29.7 Å². The minimum Gasteiger partial charge on any atom is -0.494 e. The van der Waals surface area contributed by atoms with Crippen LogP contribution in [-0.4, -0.2) is 53.3 Å². The lowest BCUT2D eigenvalue weighted by molar-refractivity contribution is -0.157. The van der Waals surface area contributed by atoms with Crippen LogP contribution in [-0.2, 0) is 19.9 Å². The highest BCUT2D eigenvalue weighted by molar-refractivity contribution is 6.35. The number of nitrogen functional groups attached to an aromatic ring is 1. The first-order valence-electron chi connectivity index (χ1n) is 10.7. The predicted molar refractivity (Wildman–Crippen MR) is 122 cm³/mol. The van der Waals surface area contributed by atoms with Crippen LogP contribution in [0.25, 0.3) is 0 Å². The van der Waals surface area contributed by atoms with E-state index in [-0.39, 0.29) is 32.0 Å². The van der Waals surface area contributed by atoms with E-state index < -0.39 is 23.3 Å². The third-order valence-electron chi connectivity index (χ3n) is 5.84. The highest BCUT2D eigenvalue weighted by Gasteiger charge is 2.46. The van der Waals surface area contributed by atoms with E-state index in [9.17, 15) is 19.5 Å². The summed E-state index contributed by atoms with van der Waals surface area (Å²) in [6.07, 6.45) is 0.417. The van der Waals surface area contributed by atoms with Gasteiger partial charge in [0.15, 0.2) is 0 Å². The Morgan fingerprint density at radius 2 is 1.91 bits per heavy atom. The second kappa shape index (κ2) is 10.2. The topological polar surface area (TPSA) is 146 Å². The lowest BCUT2D eigenvalue weighted by Gasteiger charge is -2.46. The van der Waals surface area contributed by atoms with Crippen LogP contribution in [0.1, 0.15) is 36.0 Å². The fraction of sp³-hybridized carbons (Fsp3) is 0.333. The Morgan fingerprint density at radius 3 is 2.55 bits per heavy atom. The summed E-state index contributed by atoms with van der Waals surface area (Å²) in [5.74, 6) is -1.96. The molecule has 9 nitrogen and oxygen atoms in total. The molecule has 2 aromatic carbocycles. The minimum absolute atomic E-state index is 0.0338. The summed E-state index contributed by atoms with van der Waals surface area (Å²) in [5, 5.41) is 19.8. The number of benzene rings is 2. The number of amidine groups is 1. The van der Waals surface area contributed by atoms with Gasteiger partial charge < -0.3 is 25.8 Å². The molecule has 33 heavy (non-hydrogen) atoms. The molecule has 1 aliphatic rings. The molecular weight excluding hydrogens is 424 g/mol. The molecule has 1 atom stereocenters. The average Bonchev–Trinajstić information content (AvgIpc) is 2.78. The maximum Gasteiger partial charge on any atom is 0.312 e. The van der Waals surface area contributed by atoms with Crippen molar-refractivity contribution >= 4 is 23.6 Å². The summed E-state index contributed by atoms with van der Waals surface area (Å²) in [5.41, 5.74) is 6.42. The number of nitrogens with one attached hydrogen (secondary N) is 2. The Kier molecular flexibility index (Phi) is 7.32. The van der Waals surface area contributed by atoms with Crippen molar-refractivity contribution in [2.45, 2.75) is 31.7 Å². The van der Waals surface area contributed by atoms with Crippen molar-refractivity contribution in [1.29, 1.82) is 5.41 Å². The number of nitrogens with zero attached hydrogens (tertiary/aromatic N) is 1. The van der Waals surface area contributed by atoms with Gasteiger partial charge in [0.2, 0.25) is 0 Å². The highest BCUT2D eigenvalue weighted by Crippen LogP contribution is 2.39. The van der Waals surface area contributed by atoms with Crippen molar-refractivity contribution in [3.05, 3.63) is 65.2 Å². The van der Waals surface area contributed by atoms with E-state index in [1.54, 1.807) is 30.3 Å². The number of hydrogen-bond acceptors (Lipinski definition) is 5. The number of ether oxygens (including phenoxy) is 1. The SMILES string of the molecule is Cc1ccccc1C(CCCOc1ccc(C(=N)N)cc1)(CC(=O)O)N1CCNC(=O)C1=O. The van der Waals surface area contributed by atoms with Crippen LogP contribution in [0, 0.1) is 12.3 Å². The van der Waals surface area contributed by atoms with Crippen LogP contribution < -0.4 is 15.8 Å². The zero-order valence-electron chi connectivity index (χ0n) is 18.5. The Bertz CT molecular complexity index is 1050. The van der Waals surface area contributed by atoms with Crippen LogP contribution in [0.3, 0.4) is 0 Å². The molecule has 0 bridgehead atoms. The number of hydrogen-bond donors (Lipinski definition) is 4. The molecule has 1 fully saturated rings. The van der Waals surface area contributed by atoms with E-state index in [0.717, 1.165) is 5.56 Å². The molecule has 1 aliphatic heterocycles. The summed E-state index contributed by atoms with van der Waals surface area (Å²) in [6.45, 7) is 2.63. The Hall–Kier alpha value is -3.88. The van der Waals surface area contributed by atoms with Crippen molar-refractivity contribution in [2.24, 2.45) is 5.73 Å². The van der Waals surface area contributed by atoms with Crippen molar-refractivity contribution in [3.63, 3.8) is 0 Å². The van der Waals surface area contributed by atoms with Gasteiger partial charge in [0.05, 0.1) is 18.6 Å². The second-order valence-electron chi connectivity index (χ2n) is 8.02. The van der Waals surface area contributed by atoms with E-state index >= 15 is 0 Å². The number of rotatable bonds is 10. The Labute approximate surface area is 192 Å². The van der Waals surface area contributed by atoms with Crippen molar-refractivity contribution < 1.29 is 24.2 Å². The van der Waals surface area contributed by atoms with Crippen LogP contribution in [0.5, 0.6) is 5.75 Å². The first-order valence-corrected chi connectivity index (χ1v) is 10.7. The standard InChI is InChI=1S/C24H28N4O5/c1-16-5-2-3-6-19(16)24(15-20(29)30,28-13-12-27-22(31)23(28)32)11-4-14-33-18-9-7-17(8-10-18)21(25)26/h2-3,5-10H,4,11-15H2,1H3,(H3,25,26)(H,27,31)(H,29,30). The predicted octanol–water partition coefficient (Wildman–Crippen LogP) is 1.77.